The van der Waals surface area contributed by atoms with Gasteiger partial charge in [0.05, 0.1) is 6.61 Å². The Hall–Kier alpha value is -2.49. The highest BCUT2D eigenvalue weighted by atomic mass is 19.1. The maximum Gasteiger partial charge on any atom is 0.333 e. The summed E-state index contributed by atoms with van der Waals surface area (Å²) in [4.78, 5) is 11.4. The number of hydrogen-bond donors (Lipinski definition) is 0. The molecule has 2 aromatic rings. The molecule has 0 heterocycles. The molecule has 0 unspecified atom stereocenters. The number of hydrogen-bond acceptors (Lipinski definition) is 2. The molecule has 2 nitrogen and oxygen atoms in total. The van der Waals surface area contributed by atoms with Crippen molar-refractivity contribution < 1.29 is 18.3 Å². The number of benzene rings is 2. The van der Waals surface area contributed by atoms with Crippen LogP contribution in [0.3, 0.4) is 0 Å². The highest BCUT2D eigenvalue weighted by Crippen LogP contribution is 2.43. The van der Waals surface area contributed by atoms with Crippen LogP contribution in [0.4, 0.5) is 8.78 Å². The van der Waals surface area contributed by atoms with Gasteiger partial charge >= 0.3 is 5.97 Å². The van der Waals surface area contributed by atoms with Crippen LogP contribution in [0.1, 0.15) is 94.6 Å². The van der Waals surface area contributed by atoms with Crippen LogP contribution in [0.25, 0.3) is 11.1 Å². The fraction of sp³-hybridized carbons (Fsp3) is 0.531. The lowest BCUT2D eigenvalue weighted by Crippen LogP contribution is -2.23. The predicted molar refractivity (Wildman–Crippen MR) is 142 cm³/mol. The minimum Gasteiger partial charge on any atom is -0.462 e. The number of ether oxygens (including phenoxy) is 1. The molecule has 0 N–H and O–H groups in total. The summed E-state index contributed by atoms with van der Waals surface area (Å²) in [5.41, 5.74) is 3.20. The van der Waals surface area contributed by atoms with Gasteiger partial charge in [0.15, 0.2) is 0 Å². The molecule has 0 saturated heterocycles. The fourth-order valence-corrected chi connectivity index (χ4v) is 6.18. The van der Waals surface area contributed by atoms with Gasteiger partial charge < -0.3 is 4.74 Å². The average molecular weight is 495 g/mol. The zero-order valence-electron chi connectivity index (χ0n) is 21.7. The summed E-state index contributed by atoms with van der Waals surface area (Å²) < 4.78 is 34.6. The minimum atomic E-state index is -0.519. The van der Waals surface area contributed by atoms with E-state index < -0.39 is 17.6 Å². The van der Waals surface area contributed by atoms with Gasteiger partial charge in [-0.25, -0.2) is 13.6 Å². The quantitative estimate of drug-likeness (QED) is 0.198. The number of carbonyl (C=O) groups excluding carboxylic acids is 1. The molecule has 2 aliphatic rings. The SMILES string of the molecule is C=C(C)C(=O)OCCCCc1c(F)cc(-c2ccc(C3CCC(C4CCCCC4)CC3)cc2)cc1F. The van der Waals surface area contributed by atoms with E-state index in [9.17, 15) is 13.6 Å². The lowest BCUT2D eigenvalue weighted by atomic mass is 9.70. The molecule has 36 heavy (non-hydrogen) atoms. The Balaban J connectivity index is 1.30. The third kappa shape index (κ3) is 6.83. The second-order valence-corrected chi connectivity index (χ2v) is 10.9. The summed E-state index contributed by atoms with van der Waals surface area (Å²) in [7, 11) is 0. The molecule has 0 bridgehead atoms. The van der Waals surface area contributed by atoms with Gasteiger partial charge in [0.25, 0.3) is 0 Å². The monoisotopic (exact) mass is 494 g/mol. The van der Waals surface area contributed by atoms with Crippen LogP contribution in [0, 0.1) is 23.5 Å². The first-order valence-electron chi connectivity index (χ1n) is 13.8. The standard InChI is InChI=1S/C32H40F2O2/c1-22(2)32(35)36-19-7-6-10-29-30(33)20-28(21-31(29)34)27-17-15-26(16-18-27)25-13-11-24(12-14-25)23-8-4-3-5-9-23/h15-18,20-21,23-25H,1,3-14,19H2,2H3. The lowest BCUT2D eigenvalue weighted by molar-refractivity contribution is -0.139. The van der Waals surface area contributed by atoms with E-state index >= 15 is 0 Å². The zero-order chi connectivity index (χ0) is 25.5. The summed E-state index contributed by atoms with van der Waals surface area (Å²) in [5.74, 6) is 0.993. The normalized spacial score (nSPS) is 20.8. The number of rotatable bonds is 9. The van der Waals surface area contributed by atoms with Crippen LogP contribution in [-0.4, -0.2) is 12.6 Å². The van der Waals surface area contributed by atoms with Crippen LogP contribution in [-0.2, 0) is 16.0 Å². The molecule has 4 heteroatoms. The second-order valence-electron chi connectivity index (χ2n) is 10.9. The largest absolute Gasteiger partial charge is 0.462 e. The van der Waals surface area contributed by atoms with E-state index in [4.69, 9.17) is 4.74 Å². The fourth-order valence-electron chi connectivity index (χ4n) is 6.18. The van der Waals surface area contributed by atoms with Crippen molar-refractivity contribution in [2.24, 2.45) is 11.8 Å². The van der Waals surface area contributed by atoms with Crippen molar-refractivity contribution in [3.05, 3.63) is 71.3 Å². The van der Waals surface area contributed by atoms with Crippen molar-refractivity contribution in [1.29, 1.82) is 0 Å². The first kappa shape index (κ1) is 26.6. The van der Waals surface area contributed by atoms with E-state index in [1.165, 1.54) is 75.5 Å². The number of carbonyl (C=O) groups is 1. The van der Waals surface area contributed by atoms with Gasteiger partial charge in [-0.15, -0.1) is 0 Å². The van der Waals surface area contributed by atoms with Gasteiger partial charge in [0.2, 0.25) is 0 Å². The van der Waals surface area contributed by atoms with Crippen molar-refractivity contribution in [1.82, 2.24) is 0 Å². The molecule has 0 spiro atoms. The van der Waals surface area contributed by atoms with Gasteiger partial charge in [0, 0.05) is 11.1 Å². The number of esters is 1. The van der Waals surface area contributed by atoms with Crippen molar-refractivity contribution in [2.75, 3.05) is 6.61 Å². The molecule has 2 aliphatic carbocycles. The average Bonchev–Trinajstić information content (AvgIpc) is 2.90. The van der Waals surface area contributed by atoms with E-state index in [1.54, 1.807) is 6.92 Å². The Morgan fingerprint density at radius 2 is 1.47 bits per heavy atom. The molecule has 0 amide bonds. The van der Waals surface area contributed by atoms with Crippen molar-refractivity contribution in [3.63, 3.8) is 0 Å². The summed E-state index contributed by atoms with van der Waals surface area (Å²) in [6.07, 6.45) is 13.7. The van der Waals surface area contributed by atoms with Gasteiger partial charge in [0.1, 0.15) is 11.6 Å². The molecule has 0 atom stereocenters. The Morgan fingerprint density at radius 3 is 2.08 bits per heavy atom. The first-order chi connectivity index (χ1) is 17.4. The molecule has 2 fully saturated rings. The van der Waals surface area contributed by atoms with Crippen LogP contribution < -0.4 is 0 Å². The van der Waals surface area contributed by atoms with E-state index in [2.05, 4.69) is 18.7 Å². The van der Waals surface area contributed by atoms with Crippen molar-refractivity contribution >= 4 is 5.97 Å². The summed E-state index contributed by atoms with van der Waals surface area (Å²) in [6, 6.07) is 11.2. The Bertz CT molecular complexity index is 1010. The van der Waals surface area contributed by atoms with Gasteiger partial charge in [-0.05, 0) is 98.4 Å². The van der Waals surface area contributed by atoms with Crippen molar-refractivity contribution in [3.8, 4) is 11.1 Å². The minimum absolute atomic E-state index is 0.0938. The van der Waals surface area contributed by atoms with E-state index in [1.807, 2.05) is 12.1 Å². The highest BCUT2D eigenvalue weighted by molar-refractivity contribution is 5.86. The third-order valence-corrected chi connectivity index (χ3v) is 8.35. The smallest absolute Gasteiger partial charge is 0.333 e. The number of unbranched alkanes of at least 4 members (excludes halogenated alkanes) is 1. The van der Waals surface area contributed by atoms with Crippen LogP contribution in [0.15, 0.2) is 48.6 Å². The van der Waals surface area contributed by atoms with E-state index in [-0.39, 0.29) is 18.6 Å². The van der Waals surface area contributed by atoms with Gasteiger partial charge in [-0.1, -0.05) is 62.9 Å². The Morgan fingerprint density at radius 1 is 0.861 bits per heavy atom. The van der Waals surface area contributed by atoms with E-state index in [0.29, 0.717) is 29.9 Å². The predicted octanol–water partition coefficient (Wildman–Crippen LogP) is 8.93. The highest BCUT2D eigenvalue weighted by Gasteiger charge is 2.29. The van der Waals surface area contributed by atoms with Crippen LogP contribution >= 0.6 is 0 Å². The Labute approximate surface area is 215 Å². The summed E-state index contributed by atoms with van der Waals surface area (Å²) >= 11 is 0. The van der Waals surface area contributed by atoms with Crippen molar-refractivity contribution in [2.45, 2.75) is 89.9 Å². The summed E-state index contributed by atoms with van der Waals surface area (Å²) in [5, 5.41) is 0. The number of halogens is 2. The first-order valence-corrected chi connectivity index (χ1v) is 13.8. The molecule has 2 aromatic carbocycles. The van der Waals surface area contributed by atoms with Crippen LogP contribution in [0.2, 0.25) is 0 Å². The lowest BCUT2D eigenvalue weighted by Gasteiger charge is -2.36. The molecule has 2 saturated carbocycles. The van der Waals surface area contributed by atoms with Crippen LogP contribution in [0.5, 0.6) is 0 Å². The van der Waals surface area contributed by atoms with E-state index in [0.717, 1.165) is 17.4 Å². The van der Waals surface area contributed by atoms with Gasteiger partial charge in [-0.3, -0.25) is 0 Å². The molecule has 0 radical (unpaired) electrons. The second kappa shape index (κ2) is 12.7. The third-order valence-electron chi connectivity index (χ3n) is 8.35. The molecular weight excluding hydrogens is 454 g/mol. The van der Waals surface area contributed by atoms with Gasteiger partial charge in [-0.2, -0.15) is 0 Å². The molecule has 0 aliphatic heterocycles. The zero-order valence-corrected chi connectivity index (χ0v) is 21.7. The maximum atomic E-state index is 14.8. The molecular formula is C32H40F2O2. The topological polar surface area (TPSA) is 26.3 Å². The maximum absolute atomic E-state index is 14.8. The Kier molecular flexibility index (Phi) is 9.34. The molecule has 4 rings (SSSR count). The molecule has 0 aromatic heterocycles. The molecule has 194 valence electrons. The summed E-state index contributed by atoms with van der Waals surface area (Å²) in [6.45, 7) is 5.34.